The maximum Gasteiger partial charge on any atom is 0.341 e. The van der Waals surface area contributed by atoms with Gasteiger partial charge >= 0.3 is 5.97 Å². The molecule has 0 heterocycles. The molecule has 0 bridgehead atoms. The third kappa shape index (κ3) is 1.79. The quantitative estimate of drug-likeness (QED) is 0.572. The number of nitrogens with two attached hydrogens (primary N) is 1. The molecule has 0 spiro atoms. The molecule has 4 heteroatoms. The lowest BCUT2D eigenvalue weighted by molar-refractivity contribution is 0.0596. The minimum atomic E-state index is -0.417. The van der Waals surface area contributed by atoms with Crippen LogP contribution in [0.15, 0.2) is 12.1 Å². The molecule has 0 saturated carbocycles. The lowest BCUT2D eigenvalue weighted by Gasteiger charge is -2.10. The molecule has 0 aliphatic heterocycles. The van der Waals surface area contributed by atoms with Crippen LogP contribution in [0.5, 0.6) is 5.75 Å². The average molecular weight is 195 g/mol. The molecule has 2 N–H and O–H groups in total. The van der Waals surface area contributed by atoms with Crippen LogP contribution >= 0.6 is 0 Å². The van der Waals surface area contributed by atoms with Gasteiger partial charge in [-0.15, -0.1) is 0 Å². The molecule has 4 nitrogen and oxygen atoms in total. The van der Waals surface area contributed by atoms with Gasteiger partial charge in [-0.25, -0.2) is 4.79 Å². The van der Waals surface area contributed by atoms with Gasteiger partial charge in [-0.3, -0.25) is 0 Å². The number of anilines is 1. The van der Waals surface area contributed by atoms with E-state index in [9.17, 15) is 4.79 Å². The van der Waals surface area contributed by atoms with Crippen LogP contribution in [0.4, 0.5) is 5.69 Å². The van der Waals surface area contributed by atoms with E-state index in [1.165, 1.54) is 14.2 Å². The highest BCUT2D eigenvalue weighted by Crippen LogP contribution is 2.26. The predicted octanol–water partition coefficient (Wildman–Crippen LogP) is 1.37. The third-order valence-electron chi connectivity index (χ3n) is 1.93. The van der Waals surface area contributed by atoms with Crippen molar-refractivity contribution in [3.63, 3.8) is 0 Å². The molecular weight excluding hydrogens is 182 g/mol. The summed E-state index contributed by atoms with van der Waals surface area (Å²) in [6.07, 6.45) is 0. The fraction of sp³-hybridized carbons (Fsp3) is 0.300. The molecule has 1 aromatic carbocycles. The van der Waals surface area contributed by atoms with Crippen molar-refractivity contribution in [2.24, 2.45) is 0 Å². The second kappa shape index (κ2) is 4.00. The summed E-state index contributed by atoms with van der Waals surface area (Å²) < 4.78 is 9.69. The van der Waals surface area contributed by atoms with Crippen LogP contribution in [-0.4, -0.2) is 20.2 Å². The van der Waals surface area contributed by atoms with E-state index in [2.05, 4.69) is 4.74 Å². The molecule has 0 amide bonds. The number of hydrogen-bond acceptors (Lipinski definition) is 4. The van der Waals surface area contributed by atoms with E-state index < -0.39 is 5.97 Å². The summed E-state index contributed by atoms with van der Waals surface area (Å²) in [7, 11) is 2.82. The molecule has 0 saturated heterocycles. The third-order valence-corrected chi connectivity index (χ3v) is 1.93. The Bertz CT molecular complexity index is 361. The molecule has 0 aliphatic rings. The number of hydrogen-bond donors (Lipinski definition) is 1. The lowest BCUT2D eigenvalue weighted by atomic mass is 10.1. The summed E-state index contributed by atoms with van der Waals surface area (Å²) in [5.41, 5.74) is 7.34. The number of benzene rings is 1. The molecule has 76 valence electrons. The van der Waals surface area contributed by atoms with Crippen molar-refractivity contribution in [1.29, 1.82) is 0 Å². The number of esters is 1. The molecule has 0 atom stereocenters. The minimum Gasteiger partial charge on any atom is -0.496 e. The maximum absolute atomic E-state index is 11.4. The van der Waals surface area contributed by atoms with E-state index >= 15 is 0 Å². The smallest absolute Gasteiger partial charge is 0.341 e. The number of aryl methyl sites for hydroxylation is 1. The van der Waals surface area contributed by atoms with Crippen molar-refractivity contribution >= 4 is 11.7 Å². The van der Waals surface area contributed by atoms with Gasteiger partial charge in [0.2, 0.25) is 0 Å². The number of rotatable bonds is 2. The van der Waals surface area contributed by atoms with E-state index in [0.29, 0.717) is 17.0 Å². The molecule has 1 aromatic rings. The summed E-state index contributed by atoms with van der Waals surface area (Å²) in [6, 6.07) is 3.30. The number of ether oxygens (including phenoxy) is 2. The maximum atomic E-state index is 11.4. The molecule has 0 aromatic heterocycles. The first-order valence-electron chi connectivity index (χ1n) is 4.12. The number of carbonyl (C=O) groups is 1. The van der Waals surface area contributed by atoms with Crippen LogP contribution in [0.25, 0.3) is 0 Å². The lowest BCUT2D eigenvalue weighted by Crippen LogP contribution is -2.07. The standard InChI is InChI=1S/C10H13NO3/c1-6-4-7(11)5-8(13-2)9(6)10(12)14-3/h4-5H,11H2,1-3H3. The van der Waals surface area contributed by atoms with Crippen LogP contribution in [-0.2, 0) is 4.74 Å². The molecule has 0 fully saturated rings. The van der Waals surface area contributed by atoms with E-state index in [4.69, 9.17) is 10.5 Å². The zero-order chi connectivity index (χ0) is 10.7. The van der Waals surface area contributed by atoms with Gasteiger partial charge in [0.15, 0.2) is 0 Å². The van der Waals surface area contributed by atoms with Gasteiger partial charge in [-0.05, 0) is 18.6 Å². The monoisotopic (exact) mass is 195 g/mol. The van der Waals surface area contributed by atoms with Crippen LogP contribution in [0.2, 0.25) is 0 Å². The van der Waals surface area contributed by atoms with Gasteiger partial charge < -0.3 is 15.2 Å². The Kier molecular flexibility index (Phi) is 2.96. The van der Waals surface area contributed by atoms with Gasteiger partial charge in [0.1, 0.15) is 11.3 Å². The van der Waals surface area contributed by atoms with Crippen molar-refractivity contribution in [2.45, 2.75) is 6.92 Å². The SMILES string of the molecule is COC(=O)c1c(C)cc(N)cc1OC. The predicted molar refractivity (Wildman–Crippen MR) is 53.5 cm³/mol. The van der Waals surface area contributed by atoms with Crippen LogP contribution in [0.1, 0.15) is 15.9 Å². The number of nitrogen functional groups attached to an aromatic ring is 1. The van der Waals surface area contributed by atoms with Gasteiger partial charge in [0.25, 0.3) is 0 Å². The van der Waals surface area contributed by atoms with Gasteiger partial charge in [-0.1, -0.05) is 0 Å². The molecule has 0 aliphatic carbocycles. The molecule has 0 unspecified atom stereocenters. The number of methoxy groups -OCH3 is 2. The fourth-order valence-corrected chi connectivity index (χ4v) is 1.31. The van der Waals surface area contributed by atoms with Crippen LogP contribution in [0, 0.1) is 6.92 Å². The van der Waals surface area contributed by atoms with Gasteiger partial charge in [0.05, 0.1) is 14.2 Å². The first-order valence-corrected chi connectivity index (χ1v) is 4.12. The minimum absolute atomic E-state index is 0.417. The average Bonchev–Trinajstić information content (AvgIpc) is 2.15. The van der Waals surface area contributed by atoms with Crippen LogP contribution < -0.4 is 10.5 Å². The van der Waals surface area contributed by atoms with E-state index in [0.717, 1.165) is 5.56 Å². The first-order chi connectivity index (χ1) is 6.60. The summed E-state index contributed by atoms with van der Waals surface area (Å²) in [6.45, 7) is 1.78. The van der Waals surface area contributed by atoms with Gasteiger partial charge in [0, 0.05) is 11.8 Å². The molecule has 0 radical (unpaired) electrons. The highest BCUT2D eigenvalue weighted by atomic mass is 16.5. The highest BCUT2D eigenvalue weighted by molar-refractivity contribution is 5.94. The summed E-state index contributed by atoms with van der Waals surface area (Å²) in [5, 5.41) is 0. The Morgan fingerprint density at radius 3 is 2.50 bits per heavy atom. The van der Waals surface area contributed by atoms with E-state index in [1.807, 2.05) is 0 Å². The van der Waals surface area contributed by atoms with Crippen molar-refractivity contribution in [1.82, 2.24) is 0 Å². The second-order valence-corrected chi connectivity index (χ2v) is 2.91. The Morgan fingerprint density at radius 2 is 2.00 bits per heavy atom. The molecular formula is C10H13NO3. The first kappa shape index (κ1) is 10.4. The van der Waals surface area contributed by atoms with E-state index in [1.54, 1.807) is 19.1 Å². The number of carbonyl (C=O) groups excluding carboxylic acids is 1. The normalized spacial score (nSPS) is 9.64. The Morgan fingerprint density at radius 1 is 1.36 bits per heavy atom. The topological polar surface area (TPSA) is 61.5 Å². The van der Waals surface area contributed by atoms with Crippen LogP contribution in [0.3, 0.4) is 0 Å². The van der Waals surface area contributed by atoms with Crippen molar-refractivity contribution < 1.29 is 14.3 Å². The second-order valence-electron chi connectivity index (χ2n) is 2.91. The summed E-state index contributed by atoms with van der Waals surface area (Å²) >= 11 is 0. The Balaban J connectivity index is 3.32. The largest absolute Gasteiger partial charge is 0.496 e. The molecule has 1 rings (SSSR count). The van der Waals surface area contributed by atoms with Crippen molar-refractivity contribution in [3.05, 3.63) is 23.3 Å². The summed E-state index contributed by atoms with van der Waals surface area (Å²) in [5.74, 6) is 0.0219. The Labute approximate surface area is 82.6 Å². The van der Waals surface area contributed by atoms with Crippen molar-refractivity contribution in [2.75, 3.05) is 20.0 Å². The fourth-order valence-electron chi connectivity index (χ4n) is 1.31. The van der Waals surface area contributed by atoms with Crippen molar-refractivity contribution in [3.8, 4) is 5.75 Å². The van der Waals surface area contributed by atoms with E-state index in [-0.39, 0.29) is 0 Å². The Hall–Kier alpha value is -1.71. The highest BCUT2D eigenvalue weighted by Gasteiger charge is 2.16. The zero-order valence-corrected chi connectivity index (χ0v) is 8.46. The zero-order valence-electron chi connectivity index (χ0n) is 8.46. The molecule has 14 heavy (non-hydrogen) atoms. The van der Waals surface area contributed by atoms with Gasteiger partial charge in [-0.2, -0.15) is 0 Å². The summed E-state index contributed by atoms with van der Waals surface area (Å²) in [4.78, 5) is 11.4.